The third kappa shape index (κ3) is 39.7. The predicted octanol–water partition coefficient (Wildman–Crippen LogP) is 11.6. The van der Waals surface area contributed by atoms with E-state index < -0.39 is 24.1 Å². The van der Waals surface area contributed by atoms with Crippen molar-refractivity contribution in [3.05, 3.63) is 85.1 Å². The molecule has 0 heterocycles. The number of carboxylic acid groups (broad SMARTS) is 1. The summed E-state index contributed by atoms with van der Waals surface area (Å²) in [5.74, 6) is -1.85. The van der Waals surface area contributed by atoms with Gasteiger partial charge in [-0.2, -0.15) is 0 Å². The van der Waals surface area contributed by atoms with Crippen LogP contribution in [0, 0.1) is 0 Å². The molecule has 0 aliphatic carbocycles. The molecule has 0 fully saturated rings. The second-order valence-corrected chi connectivity index (χ2v) is 16.3. The van der Waals surface area contributed by atoms with Crippen LogP contribution in [0.5, 0.6) is 0 Å². The van der Waals surface area contributed by atoms with Crippen LogP contribution >= 0.6 is 0 Å². The quantitative estimate of drug-likeness (QED) is 0.0199. The summed E-state index contributed by atoms with van der Waals surface area (Å²) >= 11 is 0. The molecule has 0 aliphatic rings. The minimum atomic E-state index is -1.14. The number of rotatable bonds is 40. The van der Waals surface area contributed by atoms with E-state index in [0.717, 1.165) is 57.8 Å². The number of carbonyl (C=O) groups is 3. The Balaban J connectivity index is 4.42. The minimum absolute atomic E-state index is 0.00546. The molecule has 0 aromatic rings. The van der Waals surface area contributed by atoms with Gasteiger partial charge in [-0.25, -0.2) is 0 Å². The second-order valence-electron chi connectivity index (χ2n) is 16.3. The number of quaternary nitrogens is 1. The molecule has 0 rings (SSSR count). The molecule has 0 saturated heterocycles. The fourth-order valence-corrected chi connectivity index (χ4v) is 6.23. The van der Waals surface area contributed by atoms with Gasteiger partial charge in [0.2, 0.25) is 0 Å². The molecular weight excluding hydrogens is 739 g/mol. The molecule has 0 aromatic heterocycles. The lowest BCUT2D eigenvalue weighted by Gasteiger charge is -2.34. The number of nitrogens with zero attached hydrogens (tertiary/aromatic N) is 1. The molecule has 2 atom stereocenters. The maximum atomic E-state index is 12.7. The Hall–Kier alpha value is -3.49. The minimum Gasteiger partial charge on any atom is -0.544 e. The highest BCUT2D eigenvalue weighted by atomic mass is 16.6. The number of likely N-dealkylation sites (N-methyl/N-ethyl adjacent to an activating group) is 1. The highest BCUT2D eigenvalue weighted by Crippen LogP contribution is 2.13. The maximum Gasteiger partial charge on any atom is 0.306 e. The number of unbranched alkanes of at least 4 members (excludes halogenated alkanes) is 13. The summed E-state index contributed by atoms with van der Waals surface area (Å²) in [6, 6.07) is -0.743. The highest BCUT2D eigenvalue weighted by Gasteiger charge is 2.25. The van der Waals surface area contributed by atoms with Gasteiger partial charge in [0.1, 0.15) is 12.6 Å². The molecule has 0 bridgehead atoms. The SMILES string of the molecule is CC/C=C/C/C=C/C/C=C/C/C=C/C/C=C/CCC(=O)OC(COCCC(C(=O)[O-])[N+](C)(C)C)COC(=O)CCCCCCCCCCCC/C=C/C=C/CCCCC. The van der Waals surface area contributed by atoms with Crippen LogP contribution in [0.25, 0.3) is 0 Å². The standard InChI is InChI=1S/C51H85NO7/c1-6-8-10-12-14-16-18-20-22-24-25-26-28-29-31-33-35-37-39-41-49(53)58-46-47(45-57-44-43-48(51(55)56)52(3,4)5)59-50(54)42-40-38-36-34-32-30-27-23-21-19-17-15-13-11-9-7-2/h9,11,14-18,20-21,23,30,32,36,38,47-48H,6-8,10,12-13,19,22,24-29,31,33-35,37,39-46H2,1-5H3/b11-9+,16-14+,17-15+,20-18+,23-21+,32-30+,38-36+. The lowest BCUT2D eigenvalue weighted by Crippen LogP contribution is -2.55. The average Bonchev–Trinajstić information content (AvgIpc) is 3.19. The van der Waals surface area contributed by atoms with E-state index in [9.17, 15) is 19.5 Å². The molecule has 336 valence electrons. The third-order valence-corrected chi connectivity index (χ3v) is 9.81. The first-order chi connectivity index (χ1) is 28.6. The van der Waals surface area contributed by atoms with Gasteiger partial charge >= 0.3 is 11.9 Å². The first-order valence-electron chi connectivity index (χ1n) is 23.1. The normalized spacial score (nSPS) is 13.7. The van der Waals surface area contributed by atoms with E-state index >= 15 is 0 Å². The largest absolute Gasteiger partial charge is 0.544 e. The Bertz CT molecular complexity index is 1240. The van der Waals surface area contributed by atoms with Crippen LogP contribution in [0.1, 0.15) is 168 Å². The second kappa shape index (κ2) is 41.3. The third-order valence-electron chi connectivity index (χ3n) is 9.81. The van der Waals surface area contributed by atoms with Crippen molar-refractivity contribution < 1.29 is 38.2 Å². The zero-order chi connectivity index (χ0) is 43.5. The molecule has 0 radical (unpaired) electrons. The Morgan fingerprint density at radius 3 is 1.54 bits per heavy atom. The van der Waals surface area contributed by atoms with Crippen LogP contribution in [0.15, 0.2) is 85.1 Å². The molecule has 2 unspecified atom stereocenters. The Labute approximate surface area is 361 Å². The molecule has 8 nitrogen and oxygen atoms in total. The smallest absolute Gasteiger partial charge is 0.306 e. The van der Waals surface area contributed by atoms with Crippen molar-refractivity contribution in [2.75, 3.05) is 41.0 Å². The van der Waals surface area contributed by atoms with Crippen molar-refractivity contribution in [3.8, 4) is 0 Å². The number of carboxylic acids is 1. The number of esters is 2. The predicted molar refractivity (Wildman–Crippen MR) is 245 cm³/mol. The summed E-state index contributed by atoms with van der Waals surface area (Å²) in [6.45, 7) is 4.43. The summed E-state index contributed by atoms with van der Waals surface area (Å²) < 4.78 is 17.1. The van der Waals surface area contributed by atoms with E-state index in [0.29, 0.717) is 12.8 Å². The monoisotopic (exact) mass is 824 g/mol. The van der Waals surface area contributed by atoms with Crippen molar-refractivity contribution in [1.82, 2.24) is 0 Å². The molecule has 59 heavy (non-hydrogen) atoms. The fraction of sp³-hybridized carbons (Fsp3) is 0.667. The lowest BCUT2D eigenvalue weighted by atomic mass is 10.1. The van der Waals surface area contributed by atoms with Gasteiger partial charge in [-0.3, -0.25) is 9.59 Å². The molecule has 0 N–H and O–H groups in total. The summed E-state index contributed by atoms with van der Waals surface area (Å²) in [7, 11) is 5.37. The van der Waals surface area contributed by atoms with Crippen molar-refractivity contribution in [1.29, 1.82) is 0 Å². The van der Waals surface area contributed by atoms with E-state index in [1.807, 2.05) is 12.2 Å². The van der Waals surface area contributed by atoms with E-state index in [2.05, 4.69) is 86.8 Å². The van der Waals surface area contributed by atoms with Crippen molar-refractivity contribution in [2.24, 2.45) is 0 Å². The Morgan fingerprint density at radius 2 is 1.03 bits per heavy atom. The van der Waals surface area contributed by atoms with Crippen LogP contribution in [0.2, 0.25) is 0 Å². The van der Waals surface area contributed by atoms with Crippen molar-refractivity contribution >= 4 is 17.9 Å². The van der Waals surface area contributed by atoms with Gasteiger partial charge in [0, 0.05) is 19.3 Å². The van der Waals surface area contributed by atoms with Gasteiger partial charge in [0.25, 0.3) is 0 Å². The van der Waals surface area contributed by atoms with Crippen LogP contribution < -0.4 is 5.11 Å². The van der Waals surface area contributed by atoms with Crippen LogP contribution in [0.4, 0.5) is 0 Å². The van der Waals surface area contributed by atoms with Gasteiger partial charge in [-0.15, -0.1) is 0 Å². The maximum absolute atomic E-state index is 12.7. The highest BCUT2D eigenvalue weighted by molar-refractivity contribution is 5.70. The fourth-order valence-electron chi connectivity index (χ4n) is 6.23. The van der Waals surface area contributed by atoms with Crippen molar-refractivity contribution in [3.63, 3.8) is 0 Å². The van der Waals surface area contributed by atoms with Gasteiger partial charge in [-0.1, -0.05) is 163 Å². The van der Waals surface area contributed by atoms with Gasteiger partial charge in [0.15, 0.2) is 6.10 Å². The number of hydrogen-bond donors (Lipinski definition) is 0. The average molecular weight is 824 g/mol. The molecule has 8 heteroatoms. The molecule has 0 aliphatic heterocycles. The summed E-state index contributed by atoms with van der Waals surface area (Å²) in [5, 5.41) is 11.6. The molecule has 0 amide bonds. The van der Waals surface area contributed by atoms with Gasteiger partial charge < -0.3 is 28.6 Å². The first kappa shape index (κ1) is 55.5. The van der Waals surface area contributed by atoms with Gasteiger partial charge in [0.05, 0.1) is 40.3 Å². The van der Waals surface area contributed by atoms with Crippen LogP contribution in [-0.2, 0) is 28.6 Å². The number of carbonyl (C=O) groups excluding carboxylic acids is 3. The topological polar surface area (TPSA) is 102 Å². The zero-order valence-electron chi connectivity index (χ0n) is 38.1. The van der Waals surface area contributed by atoms with Gasteiger partial charge in [-0.05, 0) is 70.6 Å². The van der Waals surface area contributed by atoms with E-state index in [4.69, 9.17) is 14.2 Å². The number of aliphatic carboxylic acids is 1. The number of hydrogen-bond acceptors (Lipinski definition) is 7. The Kier molecular flexibility index (Phi) is 38.8. The summed E-state index contributed by atoms with van der Waals surface area (Å²) in [6.07, 6.45) is 53.4. The van der Waals surface area contributed by atoms with E-state index in [1.165, 1.54) is 70.6 Å². The molecular formula is C51H85NO7. The van der Waals surface area contributed by atoms with E-state index in [1.54, 1.807) is 21.1 Å². The number of ether oxygens (including phenoxy) is 3. The number of allylic oxidation sites excluding steroid dienone is 14. The molecule has 0 aromatic carbocycles. The summed E-state index contributed by atoms with van der Waals surface area (Å²) in [5.41, 5.74) is 0. The zero-order valence-corrected chi connectivity index (χ0v) is 38.1. The molecule has 0 spiro atoms. The van der Waals surface area contributed by atoms with Crippen molar-refractivity contribution in [2.45, 2.75) is 180 Å². The lowest BCUT2D eigenvalue weighted by molar-refractivity contribution is -0.889. The van der Waals surface area contributed by atoms with E-state index in [-0.39, 0.29) is 43.1 Å². The van der Waals surface area contributed by atoms with Crippen LogP contribution in [-0.4, -0.2) is 75.5 Å². The summed E-state index contributed by atoms with van der Waals surface area (Å²) in [4.78, 5) is 36.9. The molecule has 0 saturated carbocycles. The van der Waals surface area contributed by atoms with Crippen LogP contribution in [0.3, 0.4) is 0 Å². The Morgan fingerprint density at radius 1 is 0.542 bits per heavy atom. The first-order valence-corrected chi connectivity index (χ1v) is 23.1.